The van der Waals surface area contributed by atoms with Gasteiger partial charge in [-0.2, -0.15) is 5.26 Å². The average molecular weight is 578 g/mol. The molecule has 2 aromatic rings. The predicted octanol–water partition coefficient (Wildman–Crippen LogP) is 6.86. The van der Waals surface area contributed by atoms with Crippen molar-refractivity contribution in [3.63, 3.8) is 0 Å². The van der Waals surface area contributed by atoms with E-state index < -0.39 is 0 Å². The highest BCUT2D eigenvalue weighted by Gasteiger charge is 2.18. The monoisotopic (exact) mass is 577 g/mol. The molecule has 0 spiro atoms. The summed E-state index contributed by atoms with van der Waals surface area (Å²) in [7, 11) is 4.14. The Morgan fingerprint density at radius 1 is 1.19 bits per heavy atom. The number of likely N-dealkylation sites (N-methyl/N-ethyl adjacent to an activating group) is 2. The first-order valence-electron chi connectivity index (χ1n) is 15.1. The van der Waals surface area contributed by atoms with E-state index in [1.54, 1.807) is 6.20 Å². The molecule has 0 radical (unpaired) electrons. The lowest BCUT2D eigenvalue weighted by atomic mass is 10.0. The van der Waals surface area contributed by atoms with Gasteiger partial charge in [0.05, 0.1) is 12.2 Å². The molecule has 1 aliphatic rings. The number of aromatic nitrogens is 1. The van der Waals surface area contributed by atoms with Crippen molar-refractivity contribution in [2.75, 3.05) is 46.9 Å². The molecule has 42 heavy (non-hydrogen) atoms. The molecule has 7 nitrogen and oxygen atoms in total. The molecule has 1 fully saturated rings. The van der Waals surface area contributed by atoms with Crippen LogP contribution in [-0.4, -0.2) is 85.1 Å². The average Bonchev–Trinajstić information content (AvgIpc) is 3.00. The zero-order valence-electron chi connectivity index (χ0n) is 27.2. The Hall–Kier alpha value is -3.41. The van der Waals surface area contributed by atoms with Gasteiger partial charge in [0.15, 0.2) is 0 Å². The fourth-order valence-corrected chi connectivity index (χ4v) is 4.40. The molecule has 0 bridgehead atoms. The lowest BCUT2D eigenvalue weighted by Gasteiger charge is -2.32. The largest absolute Gasteiger partial charge is 0.356 e. The Morgan fingerprint density at radius 2 is 1.88 bits per heavy atom. The summed E-state index contributed by atoms with van der Waals surface area (Å²) in [6.07, 6.45) is 8.07. The molecule has 2 heterocycles. The molecule has 0 saturated carbocycles. The Kier molecular flexibility index (Phi) is 17.8. The first-order valence-corrected chi connectivity index (χ1v) is 15.1. The fraction of sp³-hybridized carbons (Fsp3) is 0.529. The number of hydrogen-bond donors (Lipinski definition) is 0. The summed E-state index contributed by atoms with van der Waals surface area (Å²) in [5.41, 5.74) is 4.59. The van der Waals surface area contributed by atoms with Crippen LogP contribution >= 0.6 is 0 Å². The first kappa shape index (κ1) is 36.6. The maximum absolute atomic E-state index is 13.5. The summed E-state index contributed by atoms with van der Waals surface area (Å²) < 4.78 is 13.5. The summed E-state index contributed by atoms with van der Waals surface area (Å²) >= 11 is 0. The maximum Gasteiger partial charge on any atom is 0.124 e. The van der Waals surface area contributed by atoms with Crippen molar-refractivity contribution in [1.29, 1.82) is 5.26 Å². The fourth-order valence-electron chi connectivity index (χ4n) is 4.40. The maximum atomic E-state index is 13.5. The summed E-state index contributed by atoms with van der Waals surface area (Å²) in [6.45, 7) is 20.5. The highest BCUT2D eigenvalue weighted by atomic mass is 19.1. The first-order chi connectivity index (χ1) is 20.2. The van der Waals surface area contributed by atoms with E-state index in [0.29, 0.717) is 24.7 Å². The third kappa shape index (κ3) is 13.1. The van der Waals surface area contributed by atoms with Crippen LogP contribution in [0.2, 0.25) is 0 Å². The highest BCUT2D eigenvalue weighted by Crippen LogP contribution is 2.17. The normalized spacial score (nSPS) is 15.6. The second-order valence-corrected chi connectivity index (χ2v) is 10.5. The number of likely N-dealkylation sites (tertiary alicyclic amines) is 1. The molecule has 0 amide bonds. The van der Waals surface area contributed by atoms with Crippen LogP contribution in [0.5, 0.6) is 0 Å². The molecule has 1 saturated heterocycles. The Labute approximate surface area is 254 Å². The number of rotatable bonds is 11. The summed E-state index contributed by atoms with van der Waals surface area (Å²) in [5, 5.41) is 8.46. The van der Waals surface area contributed by atoms with Crippen LogP contribution in [0.1, 0.15) is 75.8 Å². The van der Waals surface area contributed by atoms with Crippen molar-refractivity contribution in [3.8, 4) is 6.07 Å². The van der Waals surface area contributed by atoms with Crippen molar-refractivity contribution >= 4 is 12.4 Å². The van der Waals surface area contributed by atoms with Crippen molar-refractivity contribution in [1.82, 2.24) is 19.7 Å². The van der Waals surface area contributed by atoms with Gasteiger partial charge in [-0.3, -0.25) is 14.9 Å². The van der Waals surface area contributed by atoms with Gasteiger partial charge in [-0.05, 0) is 96.8 Å². The molecule has 1 aromatic carbocycles. The van der Waals surface area contributed by atoms with Crippen molar-refractivity contribution in [2.24, 2.45) is 9.98 Å². The van der Waals surface area contributed by atoms with Crippen LogP contribution in [0.4, 0.5) is 4.39 Å². The minimum atomic E-state index is -0.229. The zero-order valence-corrected chi connectivity index (χ0v) is 27.2. The lowest BCUT2D eigenvalue weighted by molar-refractivity contribution is 0.166. The van der Waals surface area contributed by atoms with Gasteiger partial charge in [-0.15, -0.1) is 0 Å². The zero-order chi connectivity index (χ0) is 31.5. The number of benzene rings is 1. The number of hydrogen-bond acceptors (Lipinski definition) is 7. The number of piperidine rings is 1. The van der Waals surface area contributed by atoms with Crippen LogP contribution in [-0.2, 0) is 0 Å². The van der Waals surface area contributed by atoms with Gasteiger partial charge in [0.1, 0.15) is 17.7 Å². The third-order valence-corrected chi connectivity index (χ3v) is 7.19. The number of aryl methyl sites for hydroxylation is 2. The van der Waals surface area contributed by atoms with Gasteiger partial charge in [-0.25, -0.2) is 9.38 Å². The van der Waals surface area contributed by atoms with E-state index in [4.69, 9.17) is 10.3 Å². The van der Waals surface area contributed by atoms with Gasteiger partial charge in [0.25, 0.3) is 0 Å². The van der Waals surface area contributed by atoms with Gasteiger partial charge in [0.2, 0.25) is 0 Å². The molecular formula is C34H52FN7. The second-order valence-electron chi connectivity index (χ2n) is 10.5. The summed E-state index contributed by atoms with van der Waals surface area (Å²) in [5.74, 6) is 0.646. The van der Waals surface area contributed by atoms with E-state index in [1.165, 1.54) is 31.4 Å². The minimum Gasteiger partial charge on any atom is -0.356 e. The molecule has 230 valence electrons. The van der Waals surface area contributed by atoms with Crippen LogP contribution < -0.4 is 0 Å². The topological polar surface area (TPSA) is 71.1 Å². The van der Waals surface area contributed by atoms with Crippen LogP contribution in [0, 0.1) is 31.0 Å². The van der Waals surface area contributed by atoms with Gasteiger partial charge < -0.3 is 9.80 Å². The predicted molar refractivity (Wildman–Crippen MR) is 176 cm³/mol. The highest BCUT2D eigenvalue weighted by molar-refractivity contribution is 6.01. The van der Waals surface area contributed by atoms with E-state index in [9.17, 15) is 4.39 Å². The van der Waals surface area contributed by atoms with Crippen molar-refractivity contribution in [3.05, 3.63) is 76.6 Å². The van der Waals surface area contributed by atoms with E-state index in [-0.39, 0.29) is 5.82 Å². The third-order valence-electron chi connectivity index (χ3n) is 7.19. The van der Waals surface area contributed by atoms with Gasteiger partial charge >= 0.3 is 0 Å². The van der Waals surface area contributed by atoms with Crippen LogP contribution in [0.15, 0.2) is 58.4 Å². The molecule has 1 aromatic heterocycles. The molecule has 1 atom stereocenters. The van der Waals surface area contributed by atoms with Crippen molar-refractivity contribution < 1.29 is 4.39 Å². The van der Waals surface area contributed by atoms with Gasteiger partial charge in [-0.1, -0.05) is 32.4 Å². The van der Waals surface area contributed by atoms with E-state index in [0.717, 1.165) is 54.5 Å². The Bertz CT molecular complexity index is 1170. The number of halogens is 1. The number of allylic oxidation sites excluding steroid dienone is 1. The van der Waals surface area contributed by atoms with Crippen molar-refractivity contribution in [2.45, 2.75) is 73.3 Å². The molecule has 0 aliphatic carbocycles. The molecule has 0 N–H and O–H groups in total. The number of aliphatic imine (C=N–C) groups is 2. The smallest absolute Gasteiger partial charge is 0.124 e. The molecule has 8 heteroatoms. The number of nitrogens with zero attached hydrogens (tertiary/aromatic N) is 7. The molecular weight excluding hydrogens is 525 g/mol. The Balaban J connectivity index is 0.000000613. The van der Waals surface area contributed by atoms with E-state index in [2.05, 4.69) is 65.4 Å². The van der Waals surface area contributed by atoms with Gasteiger partial charge in [0, 0.05) is 56.2 Å². The Morgan fingerprint density at radius 3 is 2.43 bits per heavy atom. The van der Waals surface area contributed by atoms with Crippen LogP contribution in [0.25, 0.3) is 0 Å². The summed E-state index contributed by atoms with van der Waals surface area (Å²) in [6, 6.07) is 11.0. The quantitative estimate of drug-likeness (QED) is 0.273. The van der Waals surface area contributed by atoms with Crippen LogP contribution in [0.3, 0.4) is 0 Å². The second kappa shape index (κ2) is 20.5. The molecule has 1 aliphatic heterocycles. The van der Waals surface area contributed by atoms with E-state index in [1.807, 2.05) is 52.0 Å². The molecule has 3 rings (SSSR count). The lowest BCUT2D eigenvalue weighted by Crippen LogP contribution is -2.37. The van der Waals surface area contributed by atoms with E-state index >= 15 is 0 Å². The number of nitriles is 1. The number of pyridine rings is 1. The molecule has 1 unspecified atom stereocenters. The standard InChI is InChI=1S/C24H38FN5.C8H8N2.C2H6/c1-6-29(18-17-28(4)5)24(26-3)15-14-23(21-10-12-22(25)13-11-21)27-19-30-16-8-7-9-20(30)2;1-6-3-8(4-9)5-10-7(6)2;1-2/h10-13,15,20H,3,6-9,14,16-19H2,1-2,4-5H3;3,5H,1-2H3;1-2H3/b24-15+,27-23+;;. The minimum absolute atomic E-state index is 0.229. The SMILES string of the molecule is C=N/C(=C\C/C(=N\CN1CCCCC1C)c1ccc(F)cc1)N(CC)CCN(C)C.CC.Cc1cc(C#N)cnc1C. The summed E-state index contributed by atoms with van der Waals surface area (Å²) in [4.78, 5) is 20.1.